The summed E-state index contributed by atoms with van der Waals surface area (Å²) in [5.41, 5.74) is 1.94. The molecule has 0 aromatic heterocycles. The lowest BCUT2D eigenvalue weighted by Crippen LogP contribution is -2.22. The van der Waals surface area contributed by atoms with Gasteiger partial charge in [-0.3, -0.25) is 0 Å². The minimum absolute atomic E-state index is 0.319. The summed E-state index contributed by atoms with van der Waals surface area (Å²) in [6, 6.07) is 6.62. The highest BCUT2D eigenvalue weighted by molar-refractivity contribution is 9.10. The molecular weight excluding hydrogens is 314 g/mol. The number of ether oxygens (including phenoxy) is 1. The summed E-state index contributed by atoms with van der Waals surface area (Å²) in [4.78, 5) is 0. The predicted molar refractivity (Wildman–Crippen MR) is 88.2 cm³/mol. The van der Waals surface area contributed by atoms with Crippen molar-refractivity contribution < 1.29 is 4.74 Å². The molecule has 0 radical (unpaired) electrons. The third-order valence-electron chi connectivity index (χ3n) is 5.38. The minimum atomic E-state index is 0.319. The van der Waals surface area contributed by atoms with Crippen LogP contribution < -0.4 is 10.1 Å². The number of hydrogen-bond donors (Lipinski definition) is 1. The Labute approximate surface area is 131 Å². The fraction of sp³-hybridized carbons (Fsp3) is 0.647. The third-order valence-corrected chi connectivity index (χ3v) is 5.88. The molecule has 0 amide bonds. The first-order valence-electron chi connectivity index (χ1n) is 7.36. The van der Waals surface area contributed by atoms with Crippen molar-refractivity contribution in [2.75, 3.05) is 13.7 Å². The van der Waals surface area contributed by atoms with Crippen molar-refractivity contribution in [1.29, 1.82) is 0 Å². The third kappa shape index (κ3) is 2.39. The van der Waals surface area contributed by atoms with Crippen LogP contribution in [0, 0.1) is 16.7 Å². The van der Waals surface area contributed by atoms with E-state index in [4.69, 9.17) is 4.74 Å². The molecule has 1 N–H and O–H groups in total. The Morgan fingerprint density at radius 1 is 1.25 bits per heavy atom. The molecule has 0 bridgehead atoms. The molecule has 2 rings (SSSR count). The van der Waals surface area contributed by atoms with Crippen LogP contribution in [0.1, 0.15) is 46.2 Å². The first-order valence-corrected chi connectivity index (χ1v) is 8.16. The summed E-state index contributed by atoms with van der Waals surface area (Å²) in [6.45, 7) is 12.2. The van der Waals surface area contributed by atoms with Gasteiger partial charge in [-0.25, -0.2) is 0 Å². The molecule has 1 aromatic rings. The maximum atomic E-state index is 5.83. The Hall–Kier alpha value is -0.540. The van der Waals surface area contributed by atoms with Crippen LogP contribution in [0.15, 0.2) is 22.7 Å². The largest absolute Gasteiger partial charge is 0.494 e. The molecule has 1 saturated carbocycles. The first-order chi connectivity index (χ1) is 9.27. The molecule has 1 aromatic carbocycles. The standard InChI is InChI=1S/C17H26BrNO/c1-7-20-13-9-8-11(18)10-12(13)14(19-6)15-16(2,3)17(15,4)5/h8-10,14-15,19H,7H2,1-6H3. The summed E-state index contributed by atoms with van der Waals surface area (Å²) >= 11 is 3.59. The predicted octanol–water partition coefficient (Wildman–Crippen LogP) is 4.79. The van der Waals surface area contributed by atoms with Gasteiger partial charge in [0.05, 0.1) is 6.61 Å². The van der Waals surface area contributed by atoms with Gasteiger partial charge >= 0.3 is 0 Å². The van der Waals surface area contributed by atoms with Gasteiger partial charge in [0.2, 0.25) is 0 Å². The van der Waals surface area contributed by atoms with E-state index in [0.29, 0.717) is 29.4 Å². The first kappa shape index (κ1) is 15.8. The van der Waals surface area contributed by atoms with E-state index in [-0.39, 0.29) is 0 Å². The van der Waals surface area contributed by atoms with Crippen LogP contribution in [-0.2, 0) is 0 Å². The van der Waals surface area contributed by atoms with E-state index in [9.17, 15) is 0 Å². The zero-order valence-electron chi connectivity index (χ0n) is 13.4. The molecule has 3 heteroatoms. The van der Waals surface area contributed by atoms with Crippen LogP contribution in [0.3, 0.4) is 0 Å². The van der Waals surface area contributed by atoms with Crippen LogP contribution in [0.25, 0.3) is 0 Å². The van der Waals surface area contributed by atoms with Crippen molar-refractivity contribution in [1.82, 2.24) is 5.32 Å². The van der Waals surface area contributed by atoms with Gasteiger partial charge < -0.3 is 10.1 Å². The number of benzene rings is 1. The molecule has 2 nitrogen and oxygen atoms in total. The van der Waals surface area contributed by atoms with Gasteiger partial charge in [0.1, 0.15) is 5.75 Å². The van der Waals surface area contributed by atoms with E-state index >= 15 is 0 Å². The summed E-state index contributed by atoms with van der Waals surface area (Å²) in [5, 5.41) is 3.52. The molecule has 1 aliphatic carbocycles. The van der Waals surface area contributed by atoms with Crippen LogP contribution in [0.5, 0.6) is 5.75 Å². The van der Waals surface area contributed by atoms with E-state index in [2.05, 4.69) is 61.1 Å². The number of rotatable bonds is 5. The zero-order chi connectivity index (χ0) is 15.1. The van der Waals surface area contributed by atoms with Crippen molar-refractivity contribution in [3.05, 3.63) is 28.2 Å². The molecular formula is C17H26BrNO. The number of hydrogen-bond acceptors (Lipinski definition) is 2. The van der Waals surface area contributed by atoms with Gasteiger partial charge in [0.25, 0.3) is 0 Å². The molecule has 20 heavy (non-hydrogen) atoms. The Kier molecular flexibility index (Phi) is 4.23. The normalized spacial score (nSPS) is 21.6. The van der Waals surface area contributed by atoms with Gasteiger partial charge in [-0.1, -0.05) is 43.6 Å². The molecule has 0 heterocycles. The fourth-order valence-electron chi connectivity index (χ4n) is 3.63. The monoisotopic (exact) mass is 339 g/mol. The second-order valence-electron chi connectivity index (χ2n) is 6.80. The van der Waals surface area contributed by atoms with Crippen molar-refractivity contribution in [3.63, 3.8) is 0 Å². The molecule has 112 valence electrons. The fourth-order valence-corrected chi connectivity index (χ4v) is 4.01. The lowest BCUT2D eigenvalue weighted by Gasteiger charge is -2.22. The van der Waals surface area contributed by atoms with Gasteiger partial charge in [0, 0.05) is 16.1 Å². The quantitative estimate of drug-likeness (QED) is 0.832. The van der Waals surface area contributed by atoms with Gasteiger partial charge in [-0.05, 0) is 48.9 Å². The topological polar surface area (TPSA) is 21.3 Å². The maximum absolute atomic E-state index is 5.83. The Bertz CT molecular complexity index is 482. The second kappa shape index (κ2) is 5.34. The maximum Gasteiger partial charge on any atom is 0.124 e. The van der Waals surface area contributed by atoms with Crippen molar-refractivity contribution in [2.45, 2.75) is 40.7 Å². The van der Waals surface area contributed by atoms with Crippen molar-refractivity contribution in [2.24, 2.45) is 16.7 Å². The summed E-state index contributed by atoms with van der Waals surface area (Å²) in [6.07, 6.45) is 0. The molecule has 1 aliphatic rings. The van der Waals surface area contributed by atoms with E-state index < -0.39 is 0 Å². The highest BCUT2D eigenvalue weighted by Crippen LogP contribution is 2.72. The number of nitrogens with one attached hydrogen (secondary N) is 1. The minimum Gasteiger partial charge on any atom is -0.494 e. The van der Waals surface area contributed by atoms with E-state index in [1.54, 1.807) is 0 Å². The number of halogens is 1. The molecule has 0 saturated heterocycles. The average Bonchev–Trinajstić information content (AvgIpc) is 2.76. The second-order valence-corrected chi connectivity index (χ2v) is 7.72. The summed E-state index contributed by atoms with van der Waals surface area (Å²) in [5.74, 6) is 1.60. The zero-order valence-corrected chi connectivity index (χ0v) is 15.0. The van der Waals surface area contributed by atoms with E-state index in [0.717, 1.165) is 10.2 Å². The molecule has 0 aliphatic heterocycles. The lowest BCUT2D eigenvalue weighted by molar-refractivity contribution is 0.325. The Balaban J connectivity index is 2.41. The van der Waals surface area contributed by atoms with Gasteiger partial charge in [-0.2, -0.15) is 0 Å². The van der Waals surface area contributed by atoms with Crippen molar-refractivity contribution in [3.8, 4) is 5.75 Å². The van der Waals surface area contributed by atoms with Crippen LogP contribution in [-0.4, -0.2) is 13.7 Å². The van der Waals surface area contributed by atoms with Crippen LogP contribution in [0.4, 0.5) is 0 Å². The SMILES string of the molecule is CCOc1ccc(Br)cc1C(NC)C1C(C)(C)C1(C)C. The molecule has 1 fully saturated rings. The molecule has 1 unspecified atom stereocenters. The van der Waals surface area contributed by atoms with E-state index in [1.807, 2.05) is 20.0 Å². The summed E-state index contributed by atoms with van der Waals surface area (Å²) < 4.78 is 6.93. The smallest absolute Gasteiger partial charge is 0.124 e. The Morgan fingerprint density at radius 3 is 2.30 bits per heavy atom. The van der Waals surface area contributed by atoms with Crippen LogP contribution >= 0.6 is 15.9 Å². The van der Waals surface area contributed by atoms with E-state index in [1.165, 1.54) is 5.56 Å². The highest BCUT2D eigenvalue weighted by Gasteiger charge is 2.67. The Morgan fingerprint density at radius 2 is 1.85 bits per heavy atom. The average molecular weight is 340 g/mol. The highest BCUT2D eigenvalue weighted by atomic mass is 79.9. The summed E-state index contributed by atoms with van der Waals surface area (Å²) in [7, 11) is 2.05. The van der Waals surface area contributed by atoms with Crippen LogP contribution in [0.2, 0.25) is 0 Å². The van der Waals surface area contributed by atoms with Gasteiger partial charge in [0.15, 0.2) is 0 Å². The van der Waals surface area contributed by atoms with Crippen molar-refractivity contribution >= 4 is 15.9 Å². The lowest BCUT2D eigenvalue weighted by atomic mass is 9.96. The molecule has 0 spiro atoms. The molecule has 1 atom stereocenters. The van der Waals surface area contributed by atoms with Gasteiger partial charge in [-0.15, -0.1) is 0 Å².